The smallest absolute Gasteiger partial charge is 0.143 e. The number of nitrogens with zero attached hydrogens (tertiary/aromatic N) is 2. The Bertz CT molecular complexity index is 3520. The van der Waals surface area contributed by atoms with E-state index in [9.17, 15) is 0 Å². The number of furan rings is 1. The lowest BCUT2D eigenvalue weighted by atomic mass is 9.97. The molecule has 0 fully saturated rings. The fourth-order valence-electron chi connectivity index (χ4n) is 9.34. The third-order valence-electron chi connectivity index (χ3n) is 12.2. The van der Waals surface area contributed by atoms with Gasteiger partial charge in [0.25, 0.3) is 0 Å². The molecule has 0 radical (unpaired) electrons. The number of hydrogen-bond donors (Lipinski definition) is 0. The first-order chi connectivity index (χ1) is 30.3. The van der Waals surface area contributed by atoms with E-state index in [4.69, 9.17) is 4.42 Å². The van der Waals surface area contributed by atoms with Crippen molar-refractivity contribution in [3.8, 4) is 39.1 Å². The molecular formula is C58H38N2O. The van der Waals surface area contributed by atoms with Crippen molar-refractivity contribution < 1.29 is 4.42 Å². The van der Waals surface area contributed by atoms with Crippen LogP contribution in [0.1, 0.15) is 0 Å². The molecule has 286 valence electrons. The molecule has 3 heteroatoms. The number of rotatable bonds is 7. The van der Waals surface area contributed by atoms with Gasteiger partial charge in [-0.25, -0.2) is 0 Å². The van der Waals surface area contributed by atoms with Crippen molar-refractivity contribution in [2.24, 2.45) is 0 Å². The van der Waals surface area contributed by atoms with Crippen LogP contribution in [0.3, 0.4) is 0 Å². The lowest BCUT2D eigenvalue weighted by Gasteiger charge is -2.28. The van der Waals surface area contributed by atoms with Crippen molar-refractivity contribution >= 4 is 71.6 Å². The van der Waals surface area contributed by atoms with E-state index in [1.165, 1.54) is 38.5 Å². The average Bonchev–Trinajstić information content (AvgIpc) is 3.89. The first-order valence-electron chi connectivity index (χ1n) is 20.8. The van der Waals surface area contributed by atoms with Crippen molar-refractivity contribution in [1.29, 1.82) is 0 Å². The topological polar surface area (TPSA) is 21.3 Å². The predicted octanol–water partition coefficient (Wildman–Crippen LogP) is 16.3. The molecule has 0 saturated carbocycles. The van der Waals surface area contributed by atoms with E-state index in [1.54, 1.807) is 0 Å². The monoisotopic (exact) mass is 778 g/mol. The Morgan fingerprint density at radius 3 is 1.62 bits per heavy atom. The van der Waals surface area contributed by atoms with Crippen LogP contribution >= 0.6 is 0 Å². The summed E-state index contributed by atoms with van der Waals surface area (Å²) >= 11 is 0. The van der Waals surface area contributed by atoms with Crippen LogP contribution in [0.25, 0.3) is 93.6 Å². The van der Waals surface area contributed by atoms with E-state index in [2.05, 4.69) is 228 Å². The highest BCUT2D eigenvalue weighted by Gasteiger charge is 2.20. The molecule has 12 aromatic rings. The van der Waals surface area contributed by atoms with Crippen molar-refractivity contribution in [2.75, 3.05) is 4.90 Å². The zero-order valence-electron chi connectivity index (χ0n) is 33.2. The second-order valence-corrected chi connectivity index (χ2v) is 15.7. The van der Waals surface area contributed by atoms with Gasteiger partial charge in [0, 0.05) is 49.4 Å². The summed E-state index contributed by atoms with van der Waals surface area (Å²) in [6.45, 7) is 0. The Hall–Kier alpha value is -8.14. The second kappa shape index (κ2) is 14.3. The molecule has 61 heavy (non-hydrogen) atoms. The van der Waals surface area contributed by atoms with Crippen LogP contribution < -0.4 is 4.90 Å². The van der Waals surface area contributed by atoms with Crippen molar-refractivity contribution in [3.63, 3.8) is 0 Å². The summed E-state index contributed by atoms with van der Waals surface area (Å²) in [4.78, 5) is 2.39. The van der Waals surface area contributed by atoms with E-state index >= 15 is 0 Å². The first kappa shape index (κ1) is 34.9. The largest absolute Gasteiger partial charge is 0.455 e. The number of benzene rings is 10. The molecule has 0 aliphatic carbocycles. The van der Waals surface area contributed by atoms with E-state index < -0.39 is 0 Å². The van der Waals surface area contributed by atoms with Gasteiger partial charge in [0.05, 0.1) is 22.4 Å². The first-order valence-corrected chi connectivity index (χ1v) is 20.8. The normalized spacial score (nSPS) is 11.6. The summed E-state index contributed by atoms with van der Waals surface area (Å²) in [5.41, 5.74) is 15.6. The maximum Gasteiger partial charge on any atom is 0.143 e. The minimum Gasteiger partial charge on any atom is -0.455 e. The third-order valence-corrected chi connectivity index (χ3v) is 12.2. The molecule has 0 spiro atoms. The summed E-state index contributed by atoms with van der Waals surface area (Å²) in [6.07, 6.45) is 0. The van der Waals surface area contributed by atoms with Crippen LogP contribution in [-0.2, 0) is 0 Å². The Morgan fingerprint density at radius 1 is 0.344 bits per heavy atom. The van der Waals surface area contributed by atoms with Crippen LogP contribution in [0.5, 0.6) is 0 Å². The average molecular weight is 779 g/mol. The molecule has 2 aromatic heterocycles. The minimum atomic E-state index is 0.912. The molecule has 0 aliphatic heterocycles. The van der Waals surface area contributed by atoms with Gasteiger partial charge < -0.3 is 13.9 Å². The van der Waals surface area contributed by atoms with Crippen LogP contribution in [0, 0.1) is 0 Å². The molecule has 3 nitrogen and oxygen atoms in total. The summed E-state index contributed by atoms with van der Waals surface area (Å²) in [7, 11) is 0. The number of fused-ring (bicyclic) bond motifs is 8. The number of anilines is 3. The van der Waals surface area contributed by atoms with Gasteiger partial charge >= 0.3 is 0 Å². The van der Waals surface area contributed by atoms with Crippen LogP contribution in [0.15, 0.2) is 235 Å². The molecule has 0 amide bonds. The van der Waals surface area contributed by atoms with E-state index in [0.717, 1.165) is 72.2 Å². The van der Waals surface area contributed by atoms with Gasteiger partial charge in [0.1, 0.15) is 11.2 Å². The summed E-state index contributed by atoms with van der Waals surface area (Å²) < 4.78 is 8.84. The van der Waals surface area contributed by atoms with E-state index in [0.29, 0.717) is 0 Å². The van der Waals surface area contributed by atoms with Crippen LogP contribution in [0.4, 0.5) is 17.1 Å². The predicted molar refractivity (Wildman–Crippen MR) is 257 cm³/mol. The number of aromatic nitrogens is 1. The Labute approximate surface area is 353 Å². The van der Waals surface area contributed by atoms with Crippen molar-refractivity contribution in [1.82, 2.24) is 4.57 Å². The quantitative estimate of drug-likeness (QED) is 0.161. The van der Waals surface area contributed by atoms with Gasteiger partial charge in [0.2, 0.25) is 0 Å². The Balaban J connectivity index is 0.990. The molecular weight excluding hydrogens is 741 g/mol. The van der Waals surface area contributed by atoms with E-state index in [-0.39, 0.29) is 0 Å². The highest BCUT2D eigenvalue weighted by Crippen LogP contribution is 2.44. The lowest BCUT2D eigenvalue weighted by Crippen LogP contribution is -2.11. The molecule has 0 saturated heterocycles. The molecule has 10 aromatic carbocycles. The molecule has 12 rings (SSSR count). The molecule has 0 N–H and O–H groups in total. The van der Waals surface area contributed by atoms with Gasteiger partial charge in [0.15, 0.2) is 0 Å². The number of para-hydroxylation sites is 5. The molecule has 2 heterocycles. The fraction of sp³-hybridized carbons (Fsp3) is 0. The van der Waals surface area contributed by atoms with Crippen molar-refractivity contribution in [2.45, 2.75) is 0 Å². The summed E-state index contributed by atoms with van der Waals surface area (Å²) in [6, 6.07) is 82.9. The standard InChI is InChI=1S/C58H38N2O/c1-2-14-39(15-3-1)40-26-32-44(33-27-40)59(53-21-9-5-17-47(53)42-30-36-48-43(38-42)31-37-52-51-20-8-13-25-57(51)61-58(48)52)45-34-28-41(29-35-45)46-16-4-10-22-54(46)60-55-23-11-6-18-49(55)50-19-7-12-24-56(50)60/h1-38H. The zero-order chi connectivity index (χ0) is 40.3. The maximum absolute atomic E-state index is 6.43. The van der Waals surface area contributed by atoms with Gasteiger partial charge in [-0.05, 0) is 100 Å². The lowest BCUT2D eigenvalue weighted by molar-refractivity contribution is 0.672. The molecule has 0 aliphatic rings. The molecule has 0 unspecified atom stereocenters. The van der Waals surface area contributed by atoms with Crippen molar-refractivity contribution in [3.05, 3.63) is 231 Å². The zero-order valence-corrected chi connectivity index (χ0v) is 33.2. The summed E-state index contributed by atoms with van der Waals surface area (Å²) in [5.74, 6) is 0. The summed E-state index contributed by atoms with van der Waals surface area (Å²) in [5, 5.41) is 7.05. The van der Waals surface area contributed by atoms with Gasteiger partial charge in [-0.1, -0.05) is 158 Å². The van der Waals surface area contributed by atoms with Gasteiger partial charge in [-0.2, -0.15) is 0 Å². The van der Waals surface area contributed by atoms with E-state index in [1.807, 2.05) is 12.1 Å². The van der Waals surface area contributed by atoms with Crippen LogP contribution in [0.2, 0.25) is 0 Å². The minimum absolute atomic E-state index is 0.912. The number of hydrogen-bond acceptors (Lipinski definition) is 2. The Morgan fingerprint density at radius 2 is 0.885 bits per heavy atom. The highest BCUT2D eigenvalue weighted by molar-refractivity contribution is 6.15. The van der Waals surface area contributed by atoms with Gasteiger partial charge in [-0.3, -0.25) is 0 Å². The molecule has 0 atom stereocenters. The third kappa shape index (κ3) is 5.82. The Kier molecular flexibility index (Phi) is 8.17. The SMILES string of the molecule is c1ccc(-c2ccc(N(c3ccc(-c4ccccc4-n4c5ccccc5c5ccccc54)cc3)c3ccccc3-c3ccc4c(ccc5c6ccccc6oc45)c3)cc2)cc1. The fourth-order valence-corrected chi connectivity index (χ4v) is 9.34. The van der Waals surface area contributed by atoms with Crippen LogP contribution in [-0.4, -0.2) is 4.57 Å². The maximum atomic E-state index is 6.43. The highest BCUT2D eigenvalue weighted by atomic mass is 16.3. The van der Waals surface area contributed by atoms with Gasteiger partial charge in [-0.15, -0.1) is 0 Å². The second-order valence-electron chi connectivity index (χ2n) is 15.7. The molecule has 0 bridgehead atoms.